The average Bonchev–Trinajstić information content (AvgIpc) is 2.80. The molecular formula is C25H31FN4O3. The maximum Gasteiger partial charge on any atom is 0.322 e. The zero-order valence-corrected chi connectivity index (χ0v) is 19.5. The highest BCUT2D eigenvalue weighted by molar-refractivity contribution is 5.89. The third-order valence-electron chi connectivity index (χ3n) is 5.41. The smallest absolute Gasteiger partial charge is 0.322 e. The molecule has 0 aliphatic rings. The van der Waals surface area contributed by atoms with Gasteiger partial charge in [0.25, 0.3) is 5.56 Å². The van der Waals surface area contributed by atoms with Gasteiger partial charge in [-0.25, -0.2) is 14.2 Å². The maximum atomic E-state index is 14.2. The van der Waals surface area contributed by atoms with Gasteiger partial charge in [-0.15, -0.1) is 0 Å². The number of rotatable bonds is 9. The number of carbonyl (C=O) groups is 1. The van der Waals surface area contributed by atoms with Crippen LogP contribution in [0.2, 0.25) is 0 Å². The van der Waals surface area contributed by atoms with Crippen LogP contribution in [-0.2, 0) is 11.3 Å². The van der Waals surface area contributed by atoms with Gasteiger partial charge in [-0.2, -0.15) is 0 Å². The molecule has 0 saturated heterocycles. The molecule has 1 aromatic heterocycles. The fraction of sp³-hybridized carbons (Fsp3) is 0.400. The molecule has 33 heavy (non-hydrogen) atoms. The Morgan fingerprint density at radius 3 is 2.55 bits per heavy atom. The van der Waals surface area contributed by atoms with Gasteiger partial charge < -0.3 is 15.0 Å². The Morgan fingerprint density at radius 1 is 1.18 bits per heavy atom. The Labute approximate surface area is 193 Å². The summed E-state index contributed by atoms with van der Waals surface area (Å²) in [5.41, 5.74) is 0.503. The molecule has 1 atom stereocenters. The number of amides is 2. The summed E-state index contributed by atoms with van der Waals surface area (Å²) in [6, 6.07) is 12.3. The minimum Gasteiger partial charge on any atom is -0.383 e. The molecule has 2 amide bonds. The predicted molar refractivity (Wildman–Crippen MR) is 128 cm³/mol. The largest absolute Gasteiger partial charge is 0.383 e. The van der Waals surface area contributed by atoms with Crippen molar-refractivity contribution in [2.75, 3.05) is 25.6 Å². The van der Waals surface area contributed by atoms with Crippen LogP contribution in [0.1, 0.15) is 39.1 Å². The van der Waals surface area contributed by atoms with Crippen LogP contribution in [0.25, 0.3) is 10.9 Å². The number of anilines is 1. The van der Waals surface area contributed by atoms with Crippen LogP contribution in [0, 0.1) is 11.7 Å². The van der Waals surface area contributed by atoms with E-state index < -0.39 is 17.9 Å². The molecule has 1 heterocycles. The normalized spacial score (nSPS) is 12.2. The van der Waals surface area contributed by atoms with Crippen molar-refractivity contribution in [2.24, 2.45) is 5.92 Å². The van der Waals surface area contributed by atoms with E-state index in [1.807, 2.05) is 26.8 Å². The quantitative estimate of drug-likeness (QED) is 0.503. The molecule has 0 fully saturated rings. The first-order valence-corrected chi connectivity index (χ1v) is 11.2. The van der Waals surface area contributed by atoms with Gasteiger partial charge in [-0.05, 0) is 36.6 Å². The lowest BCUT2D eigenvalue weighted by molar-refractivity contribution is 0.162. The number of halogens is 1. The number of benzene rings is 2. The molecule has 2 aromatic carbocycles. The summed E-state index contributed by atoms with van der Waals surface area (Å²) in [6.07, 6.45) is 0.523. The second-order valence-corrected chi connectivity index (χ2v) is 8.32. The maximum absolute atomic E-state index is 14.2. The SMILES string of the molecule is CCC(c1nc2ccccc2c(=O)n1CCOC)N(CC(C)C)C(=O)Nc1ccccc1F. The van der Waals surface area contributed by atoms with Crippen molar-refractivity contribution in [3.63, 3.8) is 0 Å². The minimum atomic E-state index is -0.510. The van der Waals surface area contributed by atoms with Gasteiger partial charge in [0.05, 0.1) is 35.8 Å². The lowest BCUT2D eigenvalue weighted by atomic mass is 10.1. The van der Waals surface area contributed by atoms with Crippen molar-refractivity contribution < 1.29 is 13.9 Å². The molecule has 3 rings (SSSR count). The lowest BCUT2D eigenvalue weighted by Crippen LogP contribution is -2.43. The van der Waals surface area contributed by atoms with Crippen molar-refractivity contribution in [3.05, 3.63) is 70.5 Å². The van der Waals surface area contributed by atoms with Crippen molar-refractivity contribution in [1.29, 1.82) is 0 Å². The van der Waals surface area contributed by atoms with E-state index in [1.54, 1.807) is 46.9 Å². The highest BCUT2D eigenvalue weighted by Crippen LogP contribution is 2.26. The van der Waals surface area contributed by atoms with Gasteiger partial charge in [0.15, 0.2) is 0 Å². The second-order valence-electron chi connectivity index (χ2n) is 8.32. The first-order valence-electron chi connectivity index (χ1n) is 11.2. The Hall–Kier alpha value is -3.26. The summed E-state index contributed by atoms with van der Waals surface area (Å²) in [4.78, 5) is 33.1. The molecule has 8 heteroatoms. The molecule has 0 aliphatic heterocycles. The Bertz CT molecular complexity index is 1160. The third-order valence-corrected chi connectivity index (χ3v) is 5.41. The van der Waals surface area contributed by atoms with Crippen LogP contribution in [0.4, 0.5) is 14.9 Å². The number of carbonyl (C=O) groups excluding carboxylic acids is 1. The molecule has 0 aliphatic carbocycles. The van der Waals surface area contributed by atoms with E-state index in [1.165, 1.54) is 12.1 Å². The van der Waals surface area contributed by atoms with Gasteiger partial charge in [0.2, 0.25) is 0 Å². The van der Waals surface area contributed by atoms with E-state index in [2.05, 4.69) is 5.32 Å². The van der Waals surface area contributed by atoms with Crippen molar-refractivity contribution in [2.45, 2.75) is 39.8 Å². The number of nitrogens with zero attached hydrogens (tertiary/aromatic N) is 3. The van der Waals surface area contributed by atoms with E-state index in [9.17, 15) is 14.0 Å². The van der Waals surface area contributed by atoms with Gasteiger partial charge in [0.1, 0.15) is 11.6 Å². The number of ether oxygens (including phenoxy) is 1. The first kappa shape index (κ1) is 24.4. The molecule has 176 valence electrons. The van der Waals surface area contributed by atoms with Crippen molar-refractivity contribution in [1.82, 2.24) is 14.5 Å². The van der Waals surface area contributed by atoms with E-state index >= 15 is 0 Å². The first-order chi connectivity index (χ1) is 15.9. The molecule has 3 aromatic rings. The number of methoxy groups -OCH3 is 1. The molecule has 1 N–H and O–H groups in total. The summed E-state index contributed by atoms with van der Waals surface area (Å²) in [7, 11) is 1.57. The number of urea groups is 1. The van der Waals surface area contributed by atoms with Crippen molar-refractivity contribution >= 4 is 22.6 Å². The summed E-state index contributed by atoms with van der Waals surface area (Å²) in [5.74, 6) is 0.122. The Balaban J connectivity index is 2.10. The van der Waals surface area contributed by atoms with Gasteiger partial charge in [0, 0.05) is 13.7 Å². The zero-order chi connectivity index (χ0) is 24.0. The van der Waals surface area contributed by atoms with E-state index in [-0.39, 0.29) is 17.2 Å². The van der Waals surface area contributed by atoms with Crippen LogP contribution in [-0.4, -0.2) is 40.7 Å². The van der Waals surface area contributed by atoms with Gasteiger partial charge in [-0.1, -0.05) is 45.0 Å². The van der Waals surface area contributed by atoms with Crippen LogP contribution in [0.3, 0.4) is 0 Å². The van der Waals surface area contributed by atoms with Gasteiger partial charge >= 0.3 is 6.03 Å². The highest BCUT2D eigenvalue weighted by atomic mass is 19.1. The lowest BCUT2D eigenvalue weighted by Gasteiger charge is -2.33. The zero-order valence-electron chi connectivity index (χ0n) is 19.5. The van der Waals surface area contributed by atoms with E-state index in [0.717, 1.165) is 0 Å². The molecular weight excluding hydrogens is 423 g/mol. The fourth-order valence-corrected chi connectivity index (χ4v) is 3.88. The minimum absolute atomic E-state index is 0.106. The molecule has 7 nitrogen and oxygen atoms in total. The second kappa shape index (κ2) is 11.0. The van der Waals surface area contributed by atoms with Crippen LogP contribution in [0.15, 0.2) is 53.3 Å². The molecule has 0 bridgehead atoms. The van der Waals surface area contributed by atoms with E-state index in [0.29, 0.717) is 42.8 Å². The van der Waals surface area contributed by atoms with Crippen LogP contribution >= 0.6 is 0 Å². The van der Waals surface area contributed by atoms with Gasteiger partial charge in [-0.3, -0.25) is 9.36 Å². The number of para-hydroxylation sites is 2. The summed E-state index contributed by atoms with van der Waals surface area (Å²) < 4.78 is 21.0. The van der Waals surface area contributed by atoms with Crippen molar-refractivity contribution in [3.8, 4) is 0 Å². The topological polar surface area (TPSA) is 76.5 Å². The number of hydrogen-bond acceptors (Lipinski definition) is 4. The predicted octanol–water partition coefficient (Wildman–Crippen LogP) is 4.82. The fourth-order valence-electron chi connectivity index (χ4n) is 3.88. The monoisotopic (exact) mass is 454 g/mol. The molecule has 1 unspecified atom stereocenters. The summed E-state index contributed by atoms with van der Waals surface area (Å²) in [5, 5.41) is 3.20. The molecule has 0 saturated carbocycles. The Kier molecular flexibility index (Phi) is 8.16. The standard InChI is InChI=1S/C25H31FN4O3/c1-5-22(30(16-17(2)3)25(32)28-21-13-9-7-11-19(21)26)23-27-20-12-8-6-10-18(20)24(31)29(23)14-15-33-4/h6-13,17,22H,5,14-16H2,1-4H3,(H,28,32). The number of fused-ring (bicyclic) bond motifs is 1. The highest BCUT2D eigenvalue weighted by Gasteiger charge is 2.29. The summed E-state index contributed by atoms with van der Waals surface area (Å²) >= 11 is 0. The number of hydrogen-bond donors (Lipinski definition) is 1. The molecule has 0 radical (unpaired) electrons. The van der Waals surface area contributed by atoms with Crippen LogP contribution in [0.5, 0.6) is 0 Å². The third kappa shape index (κ3) is 5.57. The van der Waals surface area contributed by atoms with E-state index in [4.69, 9.17) is 9.72 Å². The van der Waals surface area contributed by atoms with Crippen LogP contribution < -0.4 is 10.9 Å². The molecule has 0 spiro atoms. The Morgan fingerprint density at radius 2 is 1.88 bits per heavy atom. The number of nitrogens with one attached hydrogen (secondary N) is 1. The average molecular weight is 455 g/mol. The number of aromatic nitrogens is 2. The summed E-state index contributed by atoms with van der Waals surface area (Å²) in [6.45, 7) is 6.99.